The summed E-state index contributed by atoms with van der Waals surface area (Å²) >= 11 is 0. The van der Waals surface area contributed by atoms with E-state index in [-0.39, 0.29) is 18.3 Å². The van der Waals surface area contributed by atoms with E-state index in [1.165, 1.54) is 6.92 Å². The van der Waals surface area contributed by atoms with E-state index in [1.54, 1.807) is 30.5 Å². The summed E-state index contributed by atoms with van der Waals surface area (Å²) in [6, 6.07) is 18.2. The van der Waals surface area contributed by atoms with Crippen molar-refractivity contribution < 1.29 is 14.3 Å². The first-order chi connectivity index (χ1) is 13.5. The molecule has 1 aromatic heterocycles. The molecule has 2 aromatic carbocycles. The molecule has 142 valence electrons. The van der Waals surface area contributed by atoms with Crippen molar-refractivity contribution in [1.82, 2.24) is 4.98 Å². The molecule has 0 atom stereocenters. The molecule has 0 saturated carbocycles. The number of benzene rings is 2. The van der Waals surface area contributed by atoms with Crippen molar-refractivity contribution in [2.24, 2.45) is 0 Å². The van der Waals surface area contributed by atoms with Crippen LogP contribution in [-0.4, -0.2) is 23.3 Å². The Labute approximate surface area is 163 Å². The number of carbonyl (C=O) groups excluding carboxylic acids is 2. The summed E-state index contributed by atoms with van der Waals surface area (Å²) < 4.78 is 5.46. The van der Waals surface area contributed by atoms with Gasteiger partial charge < -0.3 is 15.4 Å². The van der Waals surface area contributed by atoms with Gasteiger partial charge in [0.15, 0.2) is 12.4 Å². The lowest BCUT2D eigenvalue weighted by Gasteiger charge is -2.09. The van der Waals surface area contributed by atoms with Crippen LogP contribution in [0.15, 0.2) is 66.9 Å². The summed E-state index contributed by atoms with van der Waals surface area (Å²) in [7, 11) is 0. The van der Waals surface area contributed by atoms with Crippen molar-refractivity contribution in [2.45, 2.75) is 13.8 Å². The highest BCUT2D eigenvalue weighted by Gasteiger charge is 2.05. The zero-order valence-electron chi connectivity index (χ0n) is 15.7. The lowest BCUT2D eigenvalue weighted by atomic mass is 10.1. The van der Waals surface area contributed by atoms with Crippen molar-refractivity contribution in [1.29, 1.82) is 0 Å². The summed E-state index contributed by atoms with van der Waals surface area (Å²) in [4.78, 5) is 27.8. The summed E-state index contributed by atoms with van der Waals surface area (Å²) in [5, 5.41) is 5.87. The standard InChI is InChI=1S/C22H21N3O3/c1-15-6-9-20(10-7-15)28-14-22(27)25-19-8-11-21(23-13-19)24-18-5-3-4-17(12-18)16(2)26/h3-13H,14H2,1-2H3,(H,23,24)(H,25,27). The molecular formula is C22H21N3O3. The predicted octanol–water partition coefficient (Wildman–Crippen LogP) is 4.35. The zero-order chi connectivity index (χ0) is 19.9. The van der Waals surface area contributed by atoms with Gasteiger partial charge >= 0.3 is 0 Å². The van der Waals surface area contributed by atoms with Gasteiger partial charge in [-0.2, -0.15) is 0 Å². The highest BCUT2D eigenvalue weighted by atomic mass is 16.5. The fourth-order valence-electron chi connectivity index (χ4n) is 2.49. The minimum Gasteiger partial charge on any atom is -0.484 e. The van der Waals surface area contributed by atoms with Crippen molar-refractivity contribution >= 4 is 28.9 Å². The number of hydrogen-bond donors (Lipinski definition) is 2. The average Bonchev–Trinajstić information content (AvgIpc) is 2.69. The van der Waals surface area contributed by atoms with E-state index < -0.39 is 0 Å². The van der Waals surface area contributed by atoms with Crippen LogP contribution in [0.1, 0.15) is 22.8 Å². The van der Waals surface area contributed by atoms with E-state index in [1.807, 2.05) is 43.3 Å². The quantitative estimate of drug-likeness (QED) is 0.600. The number of amides is 1. The van der Waals surface area contributed by atoms with Gasteiger partial charge in [0.05, 0.1) is 11.9 Å². The summed E-state index contributed by atoms with van der Waals surface area (Å²) in [5.74, 6) is 0.987. The Hall–Kier alpha value is -3.67. The highest BCUT2D eigenvalue weighted by Crippen LogP contribution is 2.18. The SMILES string of the molecule is CC(=O)c1cccc(Nc2ccc(NC(=O)COc3ccc(C)cc3)cn2)c1. The van der Waals surface area contributed by atoms with E-state index >= 15 is 0 Å². The first-order valence-corrected chi connectivity index (χ1v) is 8.83. The lowest BCUT2D eigenvalue weighted by Crippen LogP contribution is -2.20. The monoisotopic (exact) mass is 375 g/mol. The van der Waals surface area contributed by atoms with Crippen LogP contribution in [0.4, 0.5) is 17.2 Å². The third-order valence-corrected chi connectivity index (χ3v) is 3.98. The maximum absolute atomic E-state index is 12.0. The highest BCUT2D eigenvalue weighted by molar-refractivity contribution is 5.95. The van der Waals surface area contributed by atoms with Gasteiger partial charge in [-0.15, -0.1) is 0 Å². The van der Waals surface area contributed by atoms with Crippen LogP contribution in [0.25, 0.3) is 0 Å². The normalized spacial score (nSPS) is 10.2. The van der Waals surface area contributed by atoms with Gasteiger partial charge in [0.2, 0.25) is 0 Å². The summed E-state index contributed by atoms with van der Waals surface area (Å²) in [6.07, 6.45) is 1.56. The fraction of sp³-hybridized carbons (Fsp3) is 0.136. The number of ether oxygens (including phenoxy) is 1. The van der Waals surface area contributed by atoms with E-state index in [0.717, 1.165) is 11.3 Å². The number of nitrogens with zero attached hydrogens (tertiary/aromatic N) is 1. The topological polar surface area (TPSA) is 80.3 Å². The van der Waals surface area contributed by atoms with Crippen LogP contribution in [0.2, 0.25) is 0 Å². The van der Waals surface area contributed by atoms with Crippen LogP contribution >= 0.6 is 0 Å². The molecule has 6 nitrogen and oxygen atoms in total. The Bertz CT molecular complexity index is 967. The number of ketones is 1. The van der Waals surface area contributed by atoms with Gasteiger partial charge in [0, 0.05) is 11.3 Å². The van der Waals surface area contributed by atoms with Gasteiger partial charge in [-0.25, -0.2) is 4.98 Å². The Morgan fingerprint density at radius 3 is 2.46 bits per heavy atom. The molecule has 0 radical (unpaired) electrons. The number of rotatable bonds is 7. The lowest BCUT2D eigenvalue weighted by molar-refractivity contribution is -0.118. The summed E-state index contributed by atoms with van der Waals surface area (Å²) in [5.41, 5.74) is 3.09. The summed E-state index contributed by atoms with van der Waals surface area (Å²) in [6.45, 7) is 3.43. The molecule has 0 aliphatic heterocycles. The number of aryl methyl sites for hydroxylation is 1. The van der Waals surface area contributed by atoms with Crippen LogP contribution in [0, 0.1) is 6.92 Å². The number of aromatic nitrogens is 1. The van der Waals surface area contributed by atoms with E-state index in [2.05, 4.69) is 15.6 Å². The molecule has 0 bridgehead atoms. The van der Waals surface area contributed by atoms with Crippen LogP contribution in [-0.2, 0) is 4.79 Å². The average molecular weight is 375 g/mol. The van der Waals surface area contributed by atoms with Crippen LogP contribution < -0.4 is 15.4 Å². The number of hydrogen-bond acceptors (Lipinski definition) is 5. The van der Waals surface area contributed by atoms with Gasteiger partial charge in [0.25, 0.3) is 5.91 Å². The fourth-order valence-corrected chi connectivity index (χ4v) is 2.49. The molecule has 0 saturated heterocycles. The Kier molecular flexibility index (Phi) is 6.01. The number of pyridine rings is 1. The van der Waals surface area contributed by atoms with Crippen molar-refractivity contribution in [2.75, 3.05) is 17.2 Å². The van der Waals surface area contributed by atoms with E-state index in [4.69, 9.17) is 4.74 Å². The molecule has 1 amide bonds. The second kappa shape index (κ2) is 8.81. The van der Waals surface area contributed by atoms with Gasteiger partial charge in [-0.05, 0) is 50.2 Å². The van der Waals surface area contributed by atoms with Gasteiger partial charge in [-0.3, -0.25) is 9.59 Å². The molecule has 3 aromatic rings. The number of Topliss-reactive ketones (excluding diaryl/α,β-unsaturated/α-hetero) is 1. The van der Waals surface area contributed by atoms with Crippen molar-refractivity contribution in [3.8, 4) is 5.75 Å². The molecular weight excluding hydrogens is 354 g/mol. The second-order valence-corrected chi connectivity index (χ2v) is 6.34. The third-order valence-electron chi connectivity index (χ3n) is 3.98. The minimum absolute atomic E-state index is 0.00234. The molecule has 0 aliphatic carbocycles. The minimum atomic E-state index is -0.266. The maximum Gasteiger partial charge on any atom is 0.262 e. The number of nitrogens with one attached hydrogen (secondary N) is 2. The van der Waals surface area contributed by atoms with Crippen molar-refractivity contribution in [3.05, 3.63) is 78.0 Å². The second-order valence-electron chi connectivity index (χ2n) is 6.34. The Morgan fingerprint density at radius 2 is 1.79 bits per heavy atom. The molecule has 6 heteroatoms. The van der Waals surface area contributed by atoms with Crippen LogP contribution in [0.5, 0.6) is 5.75 Å². The number of anilines is 3. The predicted molar refractivity (Wildman–Crippen MR) is 109 cm³/mol. The molecule has 0 unspecified atom stereocenters. The molecule has 0 spiro atoms. The van der Waals surface area contributed by atoms with E-state index in [9.17, 15) is 9.59 Å². The third kappa shape index (κ3) is 5.41. The molecule has 28 heavy (non-hydrogen) atoms. The first-order valence-electron chi connectivity index (χ1n) is 8.83. The molecule has 1 heterocycles. The van der Waals surface area contributed by atoms with Gasteiger partial charge in [0.1, 0.15) is 11.6 Å². The number of carbonyl (C=O) groups is 2. The first kappa shape index (κ1) is 19.1. The molecule has 0 fully saturated rings. The van der Waals surface area contributed by atoms with Crippen LogP contribution in [0.3, 0.4) is 0 Å². The van der Waals surface area contributed by atoms with Gasteiger partial charge in [-0.1, -0.05) is 29.8 Å². The van der Waals surface area contributed by atoms with Crippen molar-refractivity contribution in [3.63, 3.8) is 0 Å². The molecule has 0 aliphatic rings. The Balaban J connectivity index is 1.53. The maximum atomic E-state index is 12.0. The smallest absolute Gasteiger partial charge is 0.262 e. The van der Waals surface area contributed by atoms with E-state index in [0.29, 0.717) is 22.8 Å². The molecule has 3 rings (SSSR count). The zero-order valence-corrected chi connectivity index (χ0v) is 15.7. The molecule has 2 N–H and O–H groups in total. The Morgan fingerprint density at radius 1 is 1.00 bits per heavy atom. The largest absolute Gasteiger partial charge is 0.484 e.